The van der Waals surface area contributed by atoms with Crippen LogP contribution in [-0.4, -0.2) is 37.5 Å². The van der Waals surface area contributed by atoms with E-state index in [2.05, 4.69) is 5.32 Å². The van der Waals surface area contributed by atoms with Crippen molar-refractivity contribution >= 4 is 17.5 Å². The molecule has 1 saturated heterocycles. The Kier molecular flexibility index (Phi) is 5.93. The molecule has 2 heterocycles. The highest BCUT2D eigenvalue weighted by Crippen LogP contribution is 2.39. The molecule has 7 nitrogen and oxygen atoms in total. The summed E-state index contributed by atoms with van der Waals surface area (Å²) in [4.78, 5) is 27.2. The third-order valence-electron chi connectivity index (χ3n) is 5.45. The molecular formula is C24H24N2O5. The van der Waals surface area contributed by atoms with E-state index in [4.69, 9.17) is 13.9 Å². The number of rotatable bonds is 6. The fourth-order valence-corrected chi connectivity index (χ4v) is 3.89. The first-order valence-corrected chi connectivity index (χ1v) is 10.1. The molecule has 1 aliphatic rings. The van der Waals surface area contributed by atoms with Gasteiger partial charge >= 0.3 is 0 Å². The van der Waals surface area contributed by atoms with Crippen molar-refractivity contribution in [2.75, 3.05) is 26.1 Å². The van der Waals surface area contributed by atoms with Gasteiger partial charge in [0.2, 0.25) is 0 Å². The molecule has 0 spiro atoms. The van der Waals surface area contributed by atoms with Crippen molar-refractivity contribution in [1.29, 1.82) is 0 Å². The number of benzene rings is 2. The molecule has 2 amide bonds. The fourth-order valence-electron chi connectivity index (χ4n) is 3.89. The lowest BCUT2D eigenvalue weighted by Gasteiger charge is -2.26. The smallest absolute Gasteiger partial charge is 0.291 e. The number of hydrogen-bond donors (Lipinski definition) is 1. The summed E-state index contributed by atoms with van der Waals surface area (Å²) >= 11 is 0. The van der Waals surface area contributed by atoms with Gasteiger partial charge in [0.15, 0.2) is 5.76 Å². The minimum Gasteiger partial charge on any atom is -0.497 e. The number of ether oxygens (including phenoxy) is 2. The van der Waals surface area contributed by atoms with Crippen LogP contribution >= 0.6 is 0 Å². The molecule has 2 aromatic carbocycles. The molecule has 160 valence electrons. The number of hydrogen-bond acceptors (Lipinski definition) is 5. The number of nitrogens with zero attached hydrogens (tertiary/aromatic N) is 1. The van der Waals surface area contributed by atoms with Crippen LogP contribution in [0.25, 0.3) is 0 Å². The molecule has 0 bridgehead atoms. The highest BCUT2D eigenvalue weighted by Gasteiger charge is 2.32. The number of nitrogens with one attached hydrogen (secondary N) is 1. The van der Waals surface area contributed by atoms with E-state index in [1.54, 1.807) is 50.6 Å². The first kappa shape index (κ1) is 20.5. The molecule has 7 heteroatoms. The van der Waals surface area contributed by atoms with Gasteiger partial charge in [-0.2, -0.15) is 0 Å². The Labute approximate surface area is 180 Å². The Morgan fingerprint density at radius 3 is 2.55 bits per heavy atom. The van der Waals surface area contributed by atoms with E-state index in [0.29, 0.717) is 29.3 Å². The van der Waals surface area contributed by atoms with Gasteiger partial charge in [-0.15, -0.1) is 0 Å². The van der Waals surface area contributed by atoms with Gasteiger partial charge in [-0.05, 0) is 61.4 Å². The van der Waals surface area contributed by atoms with Gasteiger partial charge in [-0.3, -0.25) is 9.59 Å². The van der Waals surface area contributed by atoms with Crippen LogP contribution in [0.2, 0.25) is 0 Å². The van der Waals surface area contributed by atoms with Crippen LogP contribution < -0.4 is 14.8 Å². The summed E-state index contributed by atoms with van der Waals surface area (Å²) in [7, 11) is 3.23. The van der Waals surface area contributed by atoms with E-state index >= 15 is 0 Å². The third kappa shape index (κ3) is 4.26. The molecule has 31 heavy (non-hydrogen) atoms. The van der Waals surface area contributed by atoms with Gasteiger partial charge in [-0.25, -0.2) is 0 Å². The Hall–Kier alpha value is -3.74. The van der Waals surface area contributed by atoms with Gasteiger partial charge in [-0.1, -0.05) is 0 Å². The molecule has 0 aliphatic carbocycles. The lowest BCUT2D eigenvalue weighted by Crippen LogP contribution is -2.30. The summed E-state index contributed by atoms with van der Waals surface area (Å²) in [6, 6.07) is 15.7. The van der Waals surface area contributed by atoms with Crippen molar-refractivity contribution in [2.24, 2.45) is 0 Å². The summed E-state index contributed by atoms with van der Waals surface area (Å²) in [6.45, 7) is 0.676. The summed E-state index contributed by atoms with van der Waals surface area (Å²) in [5, 5.41) is 2.75. The molecule has 0 saturated carbocycles. The van der Waals surface area contributed by atoms with Crippen molar-refractivity contribution < 1.29 is 23.5 Å². The minimum atomic E-state index is -0.338. The fraction of sp³-hybridized carbons (Fsp3) is 0.250. The zero-order valence-electron chi connectivity index (χ0n) is 17.5. The highest BCUT2D eigenvalue weighted by atomic mass is 16.5. The maximum Gasteiger partial charge on any atom is 0.291 e. The maximum atomic E-state index is 13.2. The van der Waals surface area contributed by atoms with Crippen LogP contribution in [0.5, 0.6) is 11.5 Å². The molecule has 4 rings (SSSR count). The lowest BCUT2D eigenvalue weighted by molar-refractivity contribution is 0.0734. The standard InChI is InChI=1S/C24H24N2O5/c1-29-18-11-12-19(22(15-18)30-2)20-5-3-13-26(20)24(28)16-7-9-17(10-8-16)25-23(27)21-6-4-14-31-21/h4,6-12,14-15,20H,3,5,13H2,1-2H3,(H,25,27)/t20-/m0/s1. The SMILES string of the molecule is COc1ccc([C@@H]2CCCN2C(=O)c2ccc(NC(=O)c3ccco3)cc2)c(OC)c1. The molecule has 1 fully saturated rings. The van der Waals surface area contributed by atoms with E-state index < -0.39 is 0 Å². The average molecular weight is 420 g/mol. The van der Waals surface area contributed by atoms with Gasteiger partial charge in [0.05, 0.1) is 26.5 Å². The maximum absolute atomic E-state index is 13.2. The Bertz CT molecular complexity index is 1060. The van der Waals surface area contributed by atoms with E-state index in [9.17, 15) is 9.59 Å². The molecular weight excluding hydrogens is 396 g/mol. The molecule has 3 aromatic rings. The number of methoxy groups -OCH3 is 2. The summed E-state index contributed by atoms with van der Waals surface area (Å²) in [5.74, 6) is 1.26. The molecule has 0 unspecified atom stereocenters. The number of likely N-dealkylation sites (tertiary alicyclic amines) is 1. The average Bonchev–Trinajstić information content (AvgIpc) is 3.51. The van der Waals surface area contributed by atoms with Crippen LogP contribution in [0.1, 0.15) is 45.4 Å². The minimum absolute atomic E-state index is 0.0516. The van der Waals surface area contributed by atoms with E-state index in [1.165, 1.54) is 6.26 Å². The summed E-state index contributed by atoms with van der Waals surface area (Å²) < 4.78 is 15.9. The largest absolute Gasteiger partial charge is 0.497 e. The van der Waals surface area contributed by atoms with Crippen LogP contribution in [0.3, 0.4) is 0 Å². The number of furan rings is 1. The molecule has 0 radical (unpaired) electrons. The Balaban J connectivity index is 1.50. The van der Waals surface area contributed by atoms with Crippen molar-refractivity contribution in [1.82, 2.24) is 4.90 Å². The zero-order chi connectivity index (χ0) is 21.8. The summed E-state index contributed by atoms with van der Waals surface area (Å²) in [6.07, 6.45) is 3.23. The molecule has 1 aromatic heterocycles. The van der Waals surface area contributed by atoms with E-state index in [0.717, 1.165) is 18.4 Å². The topological polar surface area (TPSA) is 81.0 Å². The van der Waals surface area contributed by atoms with Gasteiger partial charge in [0, 0.05) is 29.4 Å². The molecule has 1 atom stereocenters. The van der Waals surface area contributed by atoms with E-state index in [-0.39, 0.29) is 23.6 Å². The van der Waals surface area contributed by atoms with Crippen LogP contribution in [-0.2, 0) is 0 Å². The molecule has 1 N–H and O–H groups in total. The number of carbonyl (C=O) groups excluding carboxylic acids is 2. The number of carbonyl (C=O) groups is 2. The lowest BCUT2D eigenvalue weighted by atomic mass is 10.0. The van der Waals surface area contributed by atoms with Crippen molar-refractivity contribution in [3.05, 3.63) is 77.7 Å². The zero-order valence-corrected chi connectivity index (χ0v) is 17.5. The second-order valence-electron chi connectivity index (χ2n) is 7.27. The van der Waals surface area contributed by atoms with Crippen LogP contribution in [0, 0.1) is 0 Å². The molecule has 1 aliphatic heterocycles. The first-order valence-electron chi connectivity index (χ1n) is 10.1. The number of amides is 2. The van der Waals surface area contributed by atoms with E-state index in [1.807, 2.05) is 23.1 Å². The van der Waals surface area contributed by atoms with Gasteiger partial charge in [0.1, 0.15) is 11.5 Å². The quantitative estimate of drug-likeness (QED) is 0.634. The predicted octanol–water partition coefficient (Wildman–Crippen LogP) is 4.53. The normalized spacial score (nSPS) is 15.5. The summed E-state index contributed by atoms with van der Waals surface area (Å²) in [5.41, 5.74) is 2.12. The monoisotopic (exact) mass is 420 g/mol. The van der Waals surface area contributed by atoms with Crippen molar-refractivity contribution in [2.45, 2.75) is 18.9 Å². The Morgan fingerprint density at radius 2 is 1.87 bits per heavy atom. The Morgan fingerprint density at radius 1 is 1.06 bits per heavy atom. The number of anilines is 1. The van der Waals surface area contributed by atoms with Gasteiger partial charge < -0.3 is 24.1 Å². The van der Waals surface area contributed by atoms with Crippen LogP contribution in [0.4, 0.5) is 5.69 Å². The second-order valence-corrected chi connectivity index (χ2v) is 7.27. The highest BCUT2D eigenvalue weighted by molar-refractivity contribution is 6.02. The van der Waals surface area contributed by atoms with Crippen molar-refractivity contribution in [3.63, 3.8) is 0 Å². The van der Waals surface area contributed by atoms with Crippen molar-refractivity contribution in [3.8, 4) is 11.5 Å². The van der Waals surface area contributed by atoms with Crippen LogP contribution in [0.15, 0.2) is 65.3 Å². The first-order chi connectivity index (χ1) is 15.1. The third-order valence-corrected chi connectivity index (χ3v) is 5.45. The second kappa shape index (κ2) is 8.95. The predicted molar refractivity (Wildman–Crippen MR) is 116 cm³/mol. The van der Waals surface area contributed by atoms with Gasteiger partial charge in [0.25, 0.3) is 11.8 Å².